The van der Waals surface area contributed by atoms with Crippen molar-refractivity contribution in [3.8, 4) is 11.5 Å². The molecule has 2 aromatic carbocycles. The molecule has 0 bridgehead atoms. The van der Waals surface area contributed by atoms with Crippen molar-refractivity contribution in [2.24, 2.45) is 0 Å². The molecule has 0 amide bonds. The molecule has 0 N–H and O–H groups in total. The molecule has 2 aromatic rings. The molecule has 1 aliphatic heterocycles. The number of benzene rings is 2. The number of hydrogen-bond acceptors (Lipinski definition) is 5. The van der Waals surface area contributed by atoms with Gasteiger partial charge >= 0.3 is 13.8 Å². The van der Waals surface area contributed by atoms with Crippen LogP contribution >= 0.6 is 19.4 Å². The van der Waals surface area contributed by atoms with Crippen molar-refractivity contribution in [3.05, 3.63) is 58.6 Å². The topological polar surface area (TPSA) is 61.8 Å². The standard InChI is InChI=1S/C14H10ClO5P/c1-9-4-2-3-5-12(9)18-21(17)19-13-7-6-10(15)8-11(13)14(16)20-21/h2-8H,1H3/t21-/m1/s1. The highest BCUT2D eigenvalue weighted by molar-refractivity contribution is 7.50. The molecule has 1 heterocycles. The van der Waals surface area contributed by atoms with Crippen LogP contribution in [-0.2, 0) is 9.09 Å². The minimum atomic E-state index is -4.06. The Kier molecular flexibility index (Phi) is 3.40. The Morgan fingerprint density at radius 3 is 2.67 bits per heavy atom. The molecule has 0 spiro atoms. The second kappa shape index (κ2) is 5.10. The number of aryl methyl sites for hydroxylation is 1. The van der Waals surface area contributed by atoms with Crippen LogP contribution in [0.5, 0.6) is 11.5 Å². The molecule has 0 aliphatic carbocycles. The summed E-state index contributed by atoms with van der Waals surface area (Å²) in [6.07, 6.45) is 0. The summed E-state index contributed by atoms with van der Waals surface area (Å²) in [5.41, 5.74) is 0.858. The maximum Gasteiger partial charge on any atom is 0.649 e. The molecule has 1 atom stereocenters. The van der Waals surface area contributed by atoms with E-state index in [0.29, 0.717) is 10.8 Å². The van der Waals surface area contributed by atoms with E-state index in [-0.39, 0.29) is 11.3 Å². The van der Waals surface area contributed by atoms with Gasteiger partial charge in [0.2, 0.25) is 0 Å². The Bertz CT molecular complexity index is 774. The van der Waals surface area contributed by atoms with Crippen LogP contribution in [0.3, 0.4) is 0 Å². The Morgan fingerprint density at radius 2 is 1.90 bits per heavy atom. The fraction of sp³-hybridized carbons (Fsp3) is 0.0714. The molecular formula is C14H10ClO5P. The Labute approximate surface area is 126 Å². The van der Waals surface area contributed by atoms with E-state index in [9.17, 15) is 9.36 Å². The van der Waals surface area contributed by atoms with Crippen LogP contribution in [0, 0.1) is 6.92 Å². The van der Waals surface area contributed by atoms with Crippen molar-refractivity contribution in [1.29, 1.82) is 0 Å². The van der Waals surface area contributed by atoms with Gasteiger partial charge in [-0.3, -0.25) is 0 Å². The van der Waals surface area contributed by atoms with Crippen LogP contribution in [0.2, 0.25) is 5.02 Å². The van der Waals surface area contributed by atoms with Crippen LogP contribution < -0.4 is 9.05 Å². The predicted octanol–water partition coefficient (Wildman–Crippen LogP) is 4.38. The zero-order valence-electron chi connectivity index (χ0n) is 10.9. The number of para-hydroxylation sites is 1. The first-order valence-corrected chi connectivity index (χ1v) is 7.89. The third-order valence-corrected chi connectivity index (χ3v) is 4.34. The van der Waals surface area contributed by atoms with Gasteiger partial charge in [0.25, 0.3) is 0 Å². The highest BCUT2D eigenvalue weighted by Crippen LogP contribution is 2.54. The lowest BCUT2D eigenvalue weighted by Gasteiger charge is -2.24. The average molecular weight is 325 g/mol. The first kappa shape index (κ1) is 14.0. The van der Waals surface area contributed by atoms with Crippen LogP contribution in [-0.4, -0.2) is 5.97 Å². The van der Waals surface area contributed by atoms with Crippen LogP contribution in [0.4, 0.5) is 0 Å². The van der Waals surface area contributed by atoms with Gasteiger partial charge in [-0.05, 0) is 36.8 Å². The summed E-state index contributed by atoms with van der Waals surface area (Å²) in [7, 11) is -4.06. The van der Waals surface area contributed by atoms with E-state index in [1.54, 1.807) is 25.1 Å². The summed E-state index contributed by atoms with van der Waals surface area (Å²) in [4.78, 5) is 11.9. The molecule has 3 rings (SSSR count). The number of phosphoric acid groups is 1. The summed E-state index contributed by atoms with van der Waals surface area (Å²) >= 11 is 5.80. The minimum Gasteiger partial charge on any atom is -0.386 e. The van der Waals surface area contributed by atoms with Gasteiger partial charge in [0.1, 0.15) is 17.1 Å². The Hall–Kier alpha value is -1.97. The second-order valence-corrected chi connectivity index (χ2v) is 6.29. The van der Waals surface area contributed by atoms with Crippen molar-refractivity contribution in [2.75, 3.05) is 0 Å². The van der Waals surface area contributed by atoms with Gasteiger partial charge in [-0.25, -0.2) is 4.79 Å². The number of rotatable bonds is 2. The van der Waals surface area contributed by atoms with Gasteiger partial charge in [-0.2, -0.15) is 4.57 Å². The summed E-state index contributed by atoms with van der Waals surface area (Å²) in [5, 5.41) is 0.353. The van der Waals surface area contributed by atoms with Crippen molar-refractivity contribution in [2.45, 2.75) is 6.92 Å². The van der Waals surface area contributed by atoms with E-state index in [0.717, 1.165) is 5.56 Å². The SMILES string of the molecule is Cc1ccccc1O[P@@]1(=O)OC(=O)c2cc(Cl)ccc2O1. The monoisotopic (exact) mass is 324 g/mol. The molecule has 0 saturated heterocycles. The third-order valence-electron chi connectivity index (χ3n) is 2.87. The number of hydrogen-bond donors (Lipinski definition) is 0. The first-order chi connectivity index (χ1) is 9.97. The quantitative estimate of drug-likeness (QED) is 0.767. The molecule has 0 saturated carbocycles. The van der Waals surface area contributed by atoms with Gasteiger partial charge in [-0.15, -0.1) is 0 Å². The van der Waals surface area contributed by atoms with Crippen LogP contribution in [0.25, 0.3) is 0 Å². The fourth-order valence-electron chi connectivity index (χ4n) is 1.85. The first-order valence-electron chi connectivity index (χ1n) is 6.05. The molecule has 21 heavy (non-hydrogen) atoms. The number of carbonyl (C=O) groups excluding carboxylic acids is 1. The zero-order valence-corrected chi connectivity index (χ0v) is 12.6. The molecule has 5 nitrogen and oxygen atoms in total. The van der Waals surface area contributed by atoms with Crippen molar-refractivity contribution >= 4 is 25.4 Å². The smallest absolute Gasteiger partial charge is 0.386 e. The summed E-state index contributed by atoms with van der Waals surface area (Å²) in [6.45, 7) is 1.78. The van der Waals surface area contributed by atoms with E-state index in [1.807, 2.05) is 6.07 Å². The van der Waals surface area contributed by atoms with Gasteiger partial charge < -0.3 is 13.6 Å². The maximum atomic E-state index is 12.5. The Balaban J connectivity index is 1.94. The summed E-state index contributed by atoms with van der Waals surface area (Å²) in [6, 6.07) is 11.3. The van der Waals surface area contributed by atoms with Crippen LogP contribution in [0.15, 0.2) is 42.5 Å². The maximum absolute atomic E-state index is 12.5. The highest BCUT2D eigenvalue weighted by atomic mass is 35.5. The van der Waals surface area contributed by atoms with Gasteiger partial charge in [-0.1, -0.05) is 29.8 Å². The highest BCUT2D eigenvalue weighted by Gasteiger charge is 2.42. The van der Waals surface area contributed by atoms with Crippen molar-refractivity contribution in [1.82, 2.24) is 0 Å². The lowest BCUT2D eigenvalue weighted by Crippen LogP contribution is -2.17. The molecule has 7 heteroatoms. The van der Waals surface area contributed by atoms with Gasteiger partial charge in [0.05, 0.1) is 0 Å². The van der Waals surface area contributed by atoms with Crippen LogP contribution in [0.1, 0.15) is 15.9 Å². The van der Waals surface area contributed by atoms with Gasteiger partial charge in [0.15, 0.2) is 0 Å². The number of halogens is 1. The van der Waals surface area contributed by atoms with E-state index in [2.05, 4.69) is 0 Å². The fourth-order valence-corrected chi connectivity index (χ4v) is 3.28. The number of phosphoric ester groups is 1. The molecule has 0 radical (unpaired) electrons. The molecule has 1 aliphatic rings. The van der Waals surface area contributed by atoms with E-state index in [1.165, 1.54) is 18.2 Å². The van der Waals surface area contributed by atoms with Gasteiger partial charge in [0, 0.05) is 5.02 Å². The van der Waals surface area contributed by atoms with Crippen molar-refractivity contribution in [3.63, 3.8) is 0 Å². The summed E-state index contributed by atoms with van der Waals surface area (Å²) in [5.74, 6) is -0.353. The molecule has 0 aromatic heterocycles. The zero-order chi connectivity index (χ0) is 15.0. The molecule has 108 valence electrons. The summed E-state index contributed by atoms with van der Waals surface area (Å²) < 4.78 is 27.8. The Morgan fingerprint density at radius 1 is 1.14 bits per heavy atom. The van der Waals surface area contributed by atoms with E-state index >= 15 is 0 Å². The van der Waals surface area contributed by atoms with Crippen molar-refractivity contribution < 1.29 is 22.9 Å². The van der Waals surface area contributed by atoms with E-state index < -0.39 is 13.8 Å². The largest absolute Gasteiger partial charge is 0.649 e. The lowest BCUT2D eigenvalue weighted by atomic mass is 10.2. The lowest BCUT2D eigenvalue weighted by molar-refractivity contribution is 0.0658. The second-order valence-electron chi connectivity index (χ2n) is 4.41. The number of fused-ring (bicyclic) bond motifs is 1. The minimum absolute atomic E-state index is 0.113. The molecule has 0 unspecified atom stereocenters. The molecule has 0 fully saturated rings. The predicted molar refractivity (Wildman–Crippen MR) is 76.9 cm³/mol. The average Bonchev–Trinajstić information content (AvgIpc) is 2.42. The van der Waals surface area contributed by atoms with E-state index in [4.69, 9.17) is 25.2 Å². The number of carbonyl (C=O) groups is 1. The molecular weight excluding hydrogens is 315 g/mol. The third kappa shape index (κ3) is 2.75. The normalized spacial score (nSPS) is 20.2.